The normalized spacial score (nSPS) is 20.6. The van der Waals surface area contributed by atoms with E-state index in [0.29, 0.717) is 18.0 Å². The molecule has 0 bridgehead atoms. The number of carbonyl (C=O) groups excluding carboxylic acids is 4. The van der Waals surface area contributed by atoms with Crippen molar-refractivity contribution in [1.82, 2.24) is 20.9 Å². The van der Waals surface area contributed by atoms with Crippen molar-refractivity contribution >= 4 is 23.6 Å². The van der Waals surface area contributed by atoms with Gasteiger partial charge < -0.3 is 35.1 Å². The SMILES string of the molecule is Cc1ccc(Oc2cccc(F)c2OC[C@@H](C)NC(=O)[C@@H]2CC(=O)N[C@H](C(C)C)C(=O)N3CCC[C@H]3COc3ccccc3C(=O)N2)cc1. The summed E-state index contributed by atoms with van der Waals surface area (Å²) in [5.41, 5.74) is 1.23. The van der Waals surface area contributed by atoms with Gasteiger partial charge in [-0.25, -0.2) is 4.39 Å². The second-order valence-corrected chi connectivity index (χ2v) is 12.9. The van der Waals surface area contributed by atoms with Crippen LogP contribution in [0.5, 0.6) is 23.0 Å². The molecular weight excluding hydrogens is 631 g/mol. The van der Waals surface area contributed by atoms with E-state index < -0.39 is 48.1 Å². The van der Waals surface area contributed by atoms with Gasteiger partial charge in [0.2, 0.25) is 17.7 Å². The highest BCUT2D eigenvalue weighted by Gasteiger charge is 2.37. The van der Waals surface area contributed by atoms with Crippen LogP contribution in [0.3, 0.4) is 0 Å². The summed E-state index contributed by atoms with van der Waals surface area (Å²) >= 11 is 0. The summed E-state index contributed by atoms with van der Waals surface area (Å²) in [6.45, 7) is 7.82. The van der Waals surface area contributed by atoms with Crippen LogP contribution in [0.4, 0.5) is 4.39 Å². The number of hydrogen-bond acceptors (Lipinski definition) is 7. The molecule has 0 saturated carbocycles. The highest BCUT2D eigenvalue weighted by atomic mass is 19.1. The third kappa shape index (κ3) is 8.87. The van der Waals surface area contributed by atoms with Crippen molar-refractivity contribution in [3.63, 3.8) is 0 Å². The first-order valence-corrected chi connectivity index (χ1v) is 16.6. The molecule has 0 radical (unpaired) electrons. The average Bonchev–Trinajstić information content (AvgIpc) is 3.55. The number of para-hydroxylation sites is 2. The molecule has 5 rings (SSSR count). The van der Waals surface area contributed by atoms with Crippen LogP contribution >= 0.6 is 0 Å². The standard InChI is InChI=1S/C37H43FN4O7/c1-22(2)33-37(46)42-18-8-9-25(42)21-47-30-12-6-5-10-27(30)35(44)40-29(19-32(43)41-33)36(45)39-24(4)20-48-34-28(38)11-7-13-31(34)49-26-16-14-23(3)15-17-26/h5-7,10-17,22,24-25,29,33H,8-9,18-21H2,1-4H3,(H,39,45)(H,40,44)(H,41,43)/t24-,25+,29+,33-/m1/s1. The topological polar surface area (TPSA) is 135 Å². The molecular formula is C37H43FN4O7. The molecule has 0 spiro atoms. The Morgan fingerprint density at radius 1 is 1.02 bits per heavy atom. The van der Waals surface area contributed by atoms with E-state index in [1.807, 2.05) is 32.9 Å². The van der Waals surface area contributed by atoms with Gasteiger partial charge in [-0.05, 0) is 69.0 Å². The van der Waals surface area contributed by atoms with Gasteiger partial charge >= 0.3 is 0 Å². The lowest BCUT2D eigenvalue weighted by Crippen LogP contribution is -2.56. The van der Waals surface area contributed by atoms with Crippen LogP contribution in [0.25, 0.3) is 0 Å². The van der Waals surface area contributed by atoms with Gasteiger partial charge in [-0.3, -0.25) is 19.2 Å². The molecule has 4 atom stereocenters. The molecule has 3 aromatic carbocycles. The van der Waals surface area contributed by atoms with Crippen LogP contribution in [-0.4, -0.2) is 72.5 Å². The minimum absolute atomic E-state index is 0.129. The van der Waals surface area contributed by atoms with Crippen molar-refractivity contribution in [3.8, 4) is 23.0 Å². The van der Waals surface area contributed by atoms with Gasteiger partial charge in [-0.2, -0.15) is 0 Å². The Morgan fingerprint density at radius 2 is 1.78 bits per heavy atom. The molecule has 2 heterocycles. The molecule has 1 saturated heterocycles. The summed E-state index contributed by atoms with van der Waals surface area (Å²) in [5, 5.41) is 8.24. The van der Waals surface area contributed by atoms with Crippen LogP contribution < -0.4 is 30.2 Å². The summed E-state index contributed by atoms with van der Waals surface area (Å²) in [4.78, 5) is 56.0. The van der Waals surface area contributed by atoms with Gasteiger partial charge in [-0.15, -0.1) is 0 Å². The number of aryl methyl sites for hydroxylation is 1. The number of hydrogen-bond donors (Lipinski definition) is 3. The number of fused-ring (bicyclic) bond motifs is 2. The second-order valence-electron chi connectivity index (χ2n) is 12.9. The number of rotatable bonds is 8. The Bertz CT molecular complexity index is 1660. The van der Waals surface area contributed by atoms with Crippen LogP contribution in [0, 0.1) is 18.7 Å². The maximum Gasteiger partial charge on any atom is 0.255 e. The zero-order valence-electron chi connectivity index (χ0n) is 28.2. The summed E-state index contributed by atoms with van der Waals surface area (Å²) in [6.07, 6.45) is 1.10. The lowest BCUT2D eigenvalue weighted by atomic mass is 10.0. The van der Waals surface area contributed by atoms with E-state index >= 15 is 0 Å². The lowest BCUT2D eigenvalue weighted by molar-refractivity contribution is -0.139. The molecule has 4 amide bonds. The fourth-order valence-corrected chi connectivity index (χ4v) is 5.86. The van der Waals surface area contributed by atoms with E-state index in [-0.39, 0.29) is 48.1 Å². The zero-order chi connectivity index (χ0) is 35.1. The number of nitrogens with zero attached hydrogens (tertiary/aromatic N) is 1. The molecule has 1 fully saturated rings. The fraction of sp³-hybridized carbons (Fsp3) is 0.405. The minimum atomic E-state index is -1.32. The lowest BCUT2D eigenvalue weighted by Gasteiger charge is -2.32. The van der Waals surface area contributed by atoms with Crippen LogP contribution in [0.2, 0.25) is 0 Å². The first kappa shape index (κ1) is 35.2. The van der Waals surface area contributed by atoms with Gasteiger partial charge in [-0.1, -0.05) is 49.7 Å². The molecule has 3 aromatic rings. The monoisotopic (exact) mass is 674 g/mol. The van der Waals surface area contributed by atoms with Crippen LogP contribution in [-0.2, 0) is 14.4 Å². The summed E-state index contributed by atoms with van der Waals surface area (Å²) in [6, 6.07) is 15.2. The first-order chi connectivity index (χ1) is 23.5. The molecule has 11 nitrogen and oxygen atoms in total. The number of benzene rings is 3. The van der Waals surface area contributed by atoms with Gasteiger partial charge in [0.25, 0.3) is 5.91 Å². The Balaban J connectivity index is 1.32. The van der Waals surface area contributed by atoms with Crippen LogP contribution in [0.1, 0.15) is 56.0 Å². The minimum Gasteiger partial charge on any atom is -0.491 e. The average molecular weight is 675 g/mol. The molecule has 260 valence electrons. The Labute approximate surface area is 285 Å². The summed E-state index contributed by atoms with van der Waals surface area (Å²) in [5.74, 6) is -2.10. The Morgan fingerprint density at radius 3 is 2.53 bits per heavy atom. The van der Waals surface area contributed by atoms with E-state index in [1.165, 1.54) is 12.1 Å². The maximum atomic E-state index is 14.9. The highest BCUT2D eigenvalue weighted by molar-refractivity contribution is 6.01. The highest BCUT2D eigenvalue weighted by Crippen LogP contribution is 2.34. The van der Waals surface area contributed by atoms with Gasteiger partial charge in [0.15, 0.2) is 17.3 Å². The van der Waals surface area contributed by atoms with Crippen molar-refractivity contribution in [1.29, 1.82) is 0 Å². The largest absolute Gasteiger partial charge is 0.491 e. The predicted octanol–water partition coefficient (Wildman–Crippen LogP) is 4.52. The molecule has 49 heavy (non-hydrogen) atoms. The number of amides is 4. The van der Waals surface area contributed by atoms with Crippen molar-refractivity contribution in [2.75, 3.05) is 19.8 Å². The number of nitrogens with one attached hydrogen (secondary N) is 3. The third-order valence-corrected chi connectivity index (χ3v) is 8.53. The number of halogens is 1. The molecule has 0 aliphatic carbocycles. The van der Waals surface area contributed by atoms with Crippen molar-refractivity contribution < 1.29 is 37.8 Å². The van der Waals surface area contributed by atoms with Gasteiger partial charge in [0, 0.05) is 6.54 Å². The van der Waals surface area contributed by atoms with E-state index in [4.69, 9.17) is 14.2 Å². The summed E-state index contributed by atoms with van der Waals surface area (Å²) < 4.78 is 32.6. The molecule has 2 aliphatic heterocycles. The maximum absolute atomic E-state index is 14.9. The number of carbonyl (C=O) groups is 4. The van der Waals surface area contributed by atoms with Crippen molar-refractivity contribution in [2.45, 2.75) is 71.1 Å². The Kier molecular flexibility index (Phi) is 11.4. The van der Waals surface area contributed by atoms with Gasteiger partial charge in [0.1, 0.15) is 36.8 Å². The smallest absolute Gasteiger partial charge is 0.255 e. The molecule has 0 aromatic heterocycles. The van der Waals surface area contributed by atoms with E-state index in [9.17, 15) is 23.6 Å². The van der Waals surface area contributed by atoms with Crippen molar-refractivity contribution in [2.24, 2.45) is 5.92 Å². The van der Waals surface area contributed by atoms with Crippen molar-refractivity contribution in [3.05, 3.63) is 83.7 Å². The third-order valence-electron chi connectivity index (χ3n) is 8.53. The fourth-order valence-electron chi connectivity index (χ4n) is 5.86. The van der Waals surface area contributed by atoms with Crippen LogP contribution in [0.15, 0.2) is 66.7 Å². The Hall–Kier alpha value is -5.13. The second kappa shape index (κ2) is 15.8. The summed E-state index contributed by atoms with van der Waals surface area (Å²) in [7, 11) is 0. The molecule has 2 aliphatic rings. The molecule has 3 N–H and O–H groups in total. The number of ether oxygens (including phenoxy) is 3. The predicted molar refractivity (Wildman–Crippen MR) is 180 cm³/mol. The molecule has 0 unspecified atom stereocenters. The van der Waals surface area contributed by atoms with E-state index in [1.54, 1.807) is 54.3 Å². The van der Waals surface area contributed by atoms with E-state index in [0.717, 1.165) is 18.4 Å². The zero-order valence-corrected chi connectivity index (χ0v) is 28.2. The van der Waals surface area contributed by atoms with E-state index in [2.05, 4.69) is 16.0 Å². The van der Waals surface area contributed by atoms with Gasteiger partial charge in [0.05, 0.1) is 24.1 Å². The first-order valence-electron chi connectivity index (χ1n) is 16.6. The molecule has 12 heteroatoms. The quantitative estimate of drug-likeness (QED) is 0.320.